The Morgan fingerprint density at radius 2 is 1.67 bits per heavy atom. The number of likely N-dealkylation sites (tertiary alicyclic amines) is 1. The molecular formula is C19H39IN4. The largest absolute Gasteiger partial charge is 0.357 e. The van der Waals surface area contributed by atoms with Crippen molar-refractivity contribution >= 4 is 29.9 Å². The van der Waals surface area contributed by atoms with Crippen LogP contribution in [0.2, 0.25) is 0 Å². The Bertz CT molecular complexity index is 334. The zero-order valence-electron chi connectivity index (χ0n) is 15.9. The second-order valence-corrected chi connectivity index (χ2v) is 7.52. The lowest BCUT2D eigenvalue weighted by Crippen LogP contribution is -2.39. The van der Waals surface area contributed by atoms with Crippen LogP contribution in [0.3, 0.4) is 0 Å². The van der Waals surface area contributed by atoms with Gasteiger partial charge in [-0.25, -0.2) is 0 Å². The molecule has 24 heavy (non-hydrogen) atoms. The van der Waals surface area contributed by atoms with Crippen molar-refractivity contribution in [2.24, 2.45) is 16.8 Å². The first-order valence-electron chi connectivity index (χ1n) is 9.98. The maximum absolute atomic E-state index is 4.76. The summed E-state index contributed by atoms with van der Waals surface area (Å²) in [6.07, 6.45) is 12.4. The van der Waals surface area contributed by atoms with Crippen molar-refractivity contribution < 1.29 is 0 Å². The van der Waals surface area contributed by atoms with E-state index in [-0.39, 0.29) is 24.0 Å². The van der Waals surface area contributed by atoms with E-state index in [0.717, 1.165) is 37.4 Å². The highest BCUT2D eigenvalue weighted by molar-refractivity contribution is 14.0. The molecule has 0 bridgehead atoms. The molecular weight excluding hydrogens is 411 g/mol. The predicted molar refractivity (Wildman–Crippen MR) is 115 cm³/mol. The van der Waals surface area contributed by atoms with Gasteiger partial charge in [0.2, 0.25) is 0 Å². The van der Waals surface area contributed by atoms with Crippen molar-refractivity contribution in [2.75, 3.05) is 39.8 Å². The molecule has 0 aromatic rings. The molecule has 0 amide bonds. The maximum Gasteiger partial charge on any atom is 0.191 e. The summed E-state index contributed by atoms with van der Waals surface area (Å²) in [5.74, 6) is 2.90. The predicted octanol–water partition coefficient (Wildman–Crippen LogP) is 3.86. The lowest BCUT2D eigenvalue weighted by Gasteiger charge is -2.29. The molecule has 0 radical (unpaired) electrons. The zero-order chi connectivity index (χ0) is 16.3. The highest BCUT2D eigenvalue weighted by Crippen LogP contribution is 2.28. The molecule has 142 valence electrons. The van der Waals surface area contributed by atoms with E-state index in [4.69, 9.17) is 4.99 Å². The number of aliphatic imine (C=N–C) groups is 1. The number of hydrogen-bond donors (Lipinski definition) is 2. The monoisotopic (exact) mass is 450 g/mol. The van der Waals surface area contributed by atoms with Crippen molar-refractivity contribution in [1.29, 1.82) is 0 Å². The van der Waals surface area contributed by atoms with Gasteiger partial charge in [0, 0.05) is 19.6 Å². The van der Waals surface area contributed by atoms with Gasteiger partial charge in [0.05, 0.1) is 0 Å². The average Bonchev–Trinajstić information content (AvgIpc) is 3.07. The highest BCUT2D eigenvalue weighted by atomic mass is 127. The van der Waals surface area contributed by atoms with Crippen LogP contribution in [-0.2, 0) is 0 Å². The molecule has 1 saturated heterocycles. The maximum atomic E-state index is 4.76. The first-order valence-corrected chi connectivity index (χ1v) is 9.98. The quantitative estimate of drug-likeness (QED) is 0.255. The standard InChI is InChI=1S/C19H38N4.HI/c1-3-20-19(21-13-6-9-17-7-4-5-8-17)22-14-10-18-11-15-23(2)16-12-18;/h17-18H,3-16H2,1-2H3,(H2,20,21,22);1H. The molecule has 1 aliphatic heterocycles. The van der Waals surface area contributed by atoms with Gasteiger partial charge in [0.25, 0.3) is 0 Å². The number of rotatable bonds is 8. The van der Waals surface area contributed by atoms with Crippen LogP contribution in [0.15, 0.2) is 4.99 Å². The molecule has 2 aliphatic rings. The number of nitrogens with one attached hydrogen (secondary N) is 2. The zero-order valence-corrected chi connectivity index (χ0v) is 18.2. The Morgan fingerprint density at radius 1 is 1.00 bits per heavy atom. The second kappa shape index (κ2) is 13.2. The Morgan fingerprint density at radius 3 is 2.33 bits per heavy atom. The van der Waals surface area contributed by atoms with Gasteiger partial charge in [-0.2, -0.15) is 0 Å². The summed E-state index contributed by atoms with van der Waals surface area (Å²) in [7, 11) is 2.23. The Hall–Kier alpha value is -0.0400. The molecule has 1 saturated carbocycles. The third kappa shape index (κ3) is 8.88. The van der Waals surface area contributed by atoms with E-state index in [1.807, 2.05) is 0 Å². The summed E-state index contributed by atoms with van der Waals surface area (Å²) in [5, 5.41) is 6.92. The molecule has 0 atom stereocenters. The van der Waals surface area contributed by atoms with Crippen LogP contribution >= 0.6 is 24.0 Å². The van der Waals surface area contributed by atoms with Crippen LogP contribution in [-0.4, -0.2) is 50.6 Å². The topological polar surface area (TPSA) is 39.7 Å². The van der Waals surface area contributed by atoms with E-state index < -0.39 is 0 Å². The Labute approximate surface area is 166 Å². The van der Waals surface area contributed by atoms with Gasteiger partial charge in [-0.15, -0.1) is 24.0 Å². The molecule has 2 fully saturated rings. The lowest BCUT2D eigenvalue weighted by atomic mass is 9.94. The molecule has 0 spiro atoms. The van der Waals surface area contributed by atoms with Crippen LogP contribution in [0.5, 0.6) is 0 Å². The fourth-order valence-corrected chi connectivity index (χ4v) is 3.96. The molecule has 0 unspecified atom stereocenters. The van der Waals surface area contributed by atoms with E-state index in [2.05, 4.69) is 29.5 Å². The SMILES string of the molecule is CCNC(=NCCCC1CCCC1)NCCC1CCN(C)CC1.I. The van der Waals surface area contributed by atoms with Crippen LogP contribution in [0.1, 0.15) is 64.7 Å². The summed E-state index contributed by atoms with van der Waals surface area (Å²) in [6, 6.07) is 0. The fraction of sp³-hybridized carbons (Fsp3) is 0.947. The van der Waals surface area contributed by atoms with Crippen LogP contribution < -0.4 is 10.6 Å². The lowest BCUT2D eigenvalue weighted by molar-refractivity contribution is 0.213. The van der Waals surface area contributed by atoms with Gasteiger partial charge in [-0.05, 0) is 71.0 Å². The first kappa shape index (κ1) is 22.0. The van der Waals surface area contributed by atoms with Gasteiger partial charge >= 0.3 is 0 Å². The minimum Gasteiger partial charge on any atom is -0.357 e. The Kier molecular flexibility index (Phi) is 12.1. The number of hydrogen-bond acceptors (Lipinski definition) is 2. The van der Waals surface area contributed by atoms with Crippen LogP contribution in [0.25, 0.3) is 0 Å². The van der Waals surface area contributed by atoms with E-state index in [9.17, 15) is 0 Å². The van der Waals surface area contributed by atoms with Crippen LogP contribution in [0.4, 0.5) is 0 Å². The molecule has 2 N–H and O–H groups in total. The molecule has 4 nitrogen and oxygen atoms in total. The van der Waals surface area contributed by atoms with Crippen molar-refractivity contribution in [2.45, 2.75) is 64.7 Å². The van der Waals surface area contributed by atoms with Gasteiger partial charge < -0.3 is 15.5 Å². The van der Waals surface area contributed by atoms with Gasteiger partial charge in [0.15, 0.2) is 5.96 Å². The van der Waals surface area contributed by atoms with E-state index in [1.165, 1.54) is 70.9 Å². The van der Waals surface area contributed by atoms with E-state index in [1.54, 1.807) is 0 Å². The Balaban J connectivity index is 0.00000288. The summed E-state index contributed by atoms with van der Waals surface area (Å²) < 4.78 is 0. The fourth-order valence-electron chi connectivity index (χ4n) is 3.96. The third-order valence-corrected chi connectivity index (χ3v) is 5.54. The second-order valence-electron chi connectivity index (χ2n) is 7.52. The molecule has 1 aliphatic carbocycles. The molecule has 0 aromatic carbocycles. The summed E-state index contributed by atoms with van der Waals surface area (Å²) >= 11 is 0. The molecule has 5 heteroatoms. The highest BCUT2D eigenvalue weighted by Gasteiger charge is 2.16. The van der Waals surface area contributed by atoms with Crippen molar-refractivity contribution in [3.8, 4) is 0 Å². The minimum absolute atomic E-state index is 0. The first-order chi connectivity index (χ1) is 11.3. The van der Waals surface area contributed by atoms with E-state index >= 15 is 0 Å². The van der Waals surface area contributed by atoms with Gasteiger partial charge in [-0.1, -0.05) is 25.7 Å². The van der Waals surface area contributed by atoms with Gasteiger partial charge in [0.1, 0.15) is 0 Å². The van der Waals surface area contributed by atoms with E-state index in [0.29, 0.717) is 0 Å². The summed E-state index contributed by atoms with van der Waals surface area (Å²) in [4.78, 5) is 7.20. The molecule has 2 rings (SSSR count). The number of nitrogens with zero attached hydrogens (tertiary/aromatic N) is 2. The molecule has 1 heterocycles. The number of piperidine rings is 1. The van der Waals surface area contributed by atoms with Crippen molar-refractivity contribution in [3.05, 3.63) is 0 Å². The number of guanidine groups is 1. The van der Waals surface area contributed by atoms with Gasteiger partial charge in [-0.3, -0.25) is 4.99 Å². The number of halogens is 1. The smallest absolute Gasteiger partial charge is 0.191 e. The normalized spacial score (nSPS) is 20.8. The summed E-state index contributed by atoms with van der Waals surface area (Å²) in [5.41, 5.74) is 0. The average molecular weight is 450 g/mol. The van der Waals surface area contributed by atoms with Crippen LogP contribution in [0, 0.1) is 11.8 Å². The summed E-state index contributed by atoms with van der Waals surface area (Å²) in [6.45, 7) is 7.65. The van der Waals surface area contributed by atoms with Crippen molar-refractivity contribution in [3.63, 3.8) is 0 Å². The van der Waals surface area contributed by atoms with Crippen molar-refractivity contribution in [1.82, 2.24) is 15.5 Å². The third-order valence-electron chi connectivity index (χ3n) is 5.54. The minimum atomic E-state index is 0. The molecule has 0 aromatic heterocycles.